The smallest absolute Gasteiger partial charge is 0.261 e. The van der Waals surface area contributed by atoms with Gasteiger partial charge < -0.3 is 15.0 Å². The number of ether oxygens (including phenoxy) is 1. The van der Waals surface area contributed by atoms with E-state index in [1.807, 2.05) is 31.2 Å². The van der Waals surface area contributed by atoms with E-state index in [1.54, 1.807) is 25.2 Å². The number of para-hydroxylation sites is 1. The van der Waals surface area contributed by atoms with Gasteiger partial charge in [0.05, 0.1) is 0 Å². The molecule has 2 amide bonds. The largest absolute Gasteiger partial charge is 0.483 e. The maximum Gasteiger partial charge on any atom is 0.261 e. The molecule has 0 fully saturated rings. The van der Waals surface area contributed by atoms with Gasteiger partial charge in [-0.15, -0.1) is 0 Å². The standard InChI is InChI=1S/C24H30Cl2N2O3/c1-6-20(23(30)27-5)28(14-16-11-12-17(25)13-19(16)26)22(29)15-31-21-10-8-7-9-18(21)24(2,3)4/h7-13,20H,6,14-15H2,1-5H3,(H,27,30)/t20-/m0/s1. The van der Waals surface area contributed by atoms with E-state index in [9.17, 15) is 9.59 Å². The first kappa shape index (κ1) is 25.0. The molecule has 0 unspecified atom stereocenters. The van der Waals surface area contributed by atoms with Crippen LogP contribution in [0.3, 0.4) is 0 Å². The minimum absolute atomic E-state index is 0.135. The molecule has 0 bridgehead atoms. The van der Waals surface area contributed by atoms with E-state index >= 15 is 0 Å². The van der Waals surface area contributed by atoms with Gasteiger partial charge in [0.2, 0.25) is 5.91 Å². The summed E-state index contributed by atoms with van der Waals surface area (Å²) in [4.78, 5) is 27.2. The molecule has 2 rings (SSSR count). The second kappa shape index (κ2) is 10.9. The van der Waals surface area contributed by atoms with E-state index in [0.717, 1.165) is 5.56 Å². The summed E-state index contributed by atoms with van der Waals surface area (Å²) >= 11 is 12.3. The zero-order chi connectivity index (χ0) is 23.2. The zero-order valence-electron chi connectivity index (χ0n) is 18.7. The number of benzene rings is 2. The van der Waals surface area contributed by atoms with Gasteiger partial charge in [0, 0.05) is 23.6 Å². The van der Waals surface area contributed by atoms with Crippen molar-refractivity contribution in [3.05, 3.63) is 63.6 Å². The van der Waals surface area contributed by atoms with E-state index in [0.29, 0.717) is 27.8 Å². The number of amides is 2. The fourth-order valence-electron chi connectivity index (χ4n) is 3.35. The fourth-order valence-corrected chi connectivity index (χ4v) is 3.82. The Morgan fingerprint density at radius 1 is 1.13 bits per heavy atom. The summed E-state index contributed by atoms with van der Waals surface area (Å²) in [6.45, 7) is 8.11. The average molecular weight is 465 g/mol. The van der Waals surface area contributed by atoms with E-state index in [4.69, 9.17) is 27.9 Å². The van der Waals surface area contributed by atoms with E-state index in [2.05, 4.69) is 26.1 Å². The summed E-state index contributed by atoms with van der Waals surface area (Å²) in [6.07, 6.45) is 0.454. The topological polar surface area (TPSA) is 58.6 Å². The van der Waals surface area contributed by atoms with Crippen LogP contribution in [-0.4, -0.2) is 36.4 Å². The van der Waals surface area contributed by atoms with Crippen molar-refractivity contribution in [1.82, 2.24) is 10.2 Å². The lowest BCUT2D eigenvalue weighted by Crippen LogP contribution is -2.49. The Balaban J connectivity index is 2.29. The van der Waals surface area contributed by atoms with E-state index < -0.39 is 6.04 Å². The van der Waals surface area contributed by atoms with Crippen molar-refractivity contribution in [3.63, 3.8) is 0 Å². The number of rotatable bonds is 8. The number of likely N-dealkylation sites (N-methyl/N-ethyl adjacent to an activating group) is 1. The van der Waals surface area contributed by atoms with Crippen molar-refractivity contribution in [2.45, 2.75) is 52.1 Å². The highest BCUT2D eigenvalue weighted by molar-refractivity contribution is 6.35. The van der Waals surface area contributed by atoms with Gasteiger partial charge >= 0.3 is 0 Å². The summed E-state index contributed by atoms with van der Waals surface area (Å²) in [6, 6.07) is 12.1. The summed E-state index contributed by atoms with van der Waals surface area (Å²) in [5, 5.41) is 3.58. The zero-order valence-corrected chi connectivity index (χ0v) is 20.2. The van der Waals surface area contributed by atoms with Crippen LogP contribution in [0.15, 0.2) is 42.5 Å². The van der Waals surface area contributed by atoms with Crippen LogP contribution in [0.4, 0.5) is 0 Å². The lowest BCUT2D eigenvalue weighted by molar-refractivity contribution is -0.142. The molecule has 1 N–H and O–H groups in total. The molecule has 0 aliphatic carbocycles. The molecule has 2 aromatic carbocycles. The molecule has 7 heteroatoms. The highest BCUT2D eigenvalue weighted by atomic mass is 35.5. The van der Waals surface area contributed by atoms with Crippen LogP contribution >= 0.6 is 23.2 Å². The first-order chi connectivity index (χ1) is 14.6. The minimum atomic E-state index is -0.647. The quantitative estimate of drug-likeness (QED) is 0.582. The van der Waals surface area contributed by atoms with E-state index in [-0.39, 0.29) is 30.4 Å². The highest BCUT2D eigenvalue weighted by Gasteiger charge is 2.29. The van der Waals surface area contributed by atoms with Gasteiger partial charge in [0.25, 0.3) is 5.91 Å². The van der Waals surface area contributed by atoms with Gasteiger partial charge in [-0.2, -0.15) is 0 Å². The number of carbonyl (C=O) groups is 2. The molecule has 31 heavy (non-hydrogen) atoms. The van der Waals surface area contributed by atoms with Crippen LogP contribution in [0.2, 0.25) is 10.0 Å². The summed E-state index contributed by atoms with van der Waals surface area (Å²) in [5.41, 5.74) is 1.58. The lowest BCUT2D eigenvalue weighted by Gasteiger charge is -2.31. The predicted octanol–water partition coefficient (Wildman–Crippen LogP) is 5.22. The Morgan fingerprint density at radius 3 is 2.39 bits per heavy atom. The molecule has 0 spiro atoms. The van der Waals surface area contributed by atoms with Crippen LogP contribution in [0.5, 0.6) is 5.75 Å². The van der Waals surface area contributed by atoms with Crippen molar-refractivity contribution in [2.24, 2.45) is 0 Å². The third kappa shape index (κ3) is 6.62. The minimum Gasteiger partial charge on any atom is -0.483 e. The number of carbonyl (C=O) groups excluding carboxylic acids is 2. The summed E-state index contributed by atoms with van der Waals surface area (Å²) < 4.78 is 5.92. The molecule has 0 aliphatic rings. The van der Waals surface area contributed by atoms with Crippen LogP contribution in [-0.2, 0) is 21.5 Å². The lowest BCUT2D eigenvalue weighted by atomic mass is 9.86. The Labute approximate surface area is 194 Å². The Hall–Kier alpha value is -2.24. The molecule has 0 aliphatic heterocycles. The maximum absolute atomic E-state index is 13.2. The van der Waals surface area contributed by atoms with Crippen LogP contribution in [0.25, 0.3) is 0 Å². The van der Waals surface area contributed by atoms with Crippen molar-refractivity contribution in [3.8, 4) is 5.75 Å². The van der Waals surface area contributed by atoms with Gasteiger partial charge in [-0.3, -0.25) is 9.59 Å². The van der Waals surface area contributed by atoms with Gasteiger partial charge in [0.15, 0.2) is 6.61 Å². The normalized spacial score (nSPS) is 12.2. The van der Waals surface area contributed by atoms with Crippen LogP contribution < -0.4 is 10.1 Å². The van der Waals surface area contributed by atoms with E-state index in [1.165, 1.54) is 4.90 Å². The second-order valence-corrected chi connectivity index (χ2v) is 9.17. The number of hydrogen-bond acceptors (Lipinski definition) is 3. The van der Waals surface area contributed by atoms with Crippen molar-refractivity contribution < 1.29 is 14.3 Å². The van der Waals surface area contributed by atoms with Crippen LogP contribution in [0, 0.1) is 0 Å². The van der Waals surface area contributed by atoms with Crippen molar-refractivity contribution in [1.29, 1.82) is 0 Å². The molecule has 0 heterocycles. The van der Waals surface area contributed by atoms with Crippen LogP contribution in [0.1, 0.15) is 45.2 Å². The molecule has 2 aromatic rings. The predicted molar refractivity (Wildman–Crippen MR) is 126 cm³/mol. The second-order valence-electron chi connectivity index (χ2n) is 8.33. The first-order valence-electron chi connectivity index (χ1n) is 10.3. The first-order valence-corrected chi connectivity index (χ1v) is 11.0. The maximum atomic E-state index is 13.2. The molecule has 168 valence electrons. The Kier molecular flexibility index (Phi) is 8.78. The Morgan fingerprint density at radius 2 is 1.81 bits per heavy atom. The molecule has 0 saturated heterocycles. The molecule has 0 radical (unpaired) electrons. The summed E-state index contributed by atoms with van der Waals surface area (Å²) in [7, 11) is 1.55. The van der Waals surface area contributed by atoms with Crippen molar-refractivity contribution in [2.75, 3.05) is 13.7 Å². The molecule has 1 atom stereocenters. The molecular weight excluding hydrogens is 435 g/mol. The Bertz CT molecular complexity index is 925. The average Bonchev–Trinajstić information content (AvgIpc) is 2.72. The summed E-state index contributed by atoms with van der Waals surface area (Å²) in [5.74, 6) is 0.113. The number of nitrogens with zero attached hydrogens (tertiary/aromatic N) is 1. The molecule has 0 saturated carbocycles. The molecule has 5 nitrogen and oxygen atoms in total. The highest BCUT2D eigenvalue weighted by Crippen LogP contribution is 2.31. The monoisotopic (exact) mass is 464 g/mol. The van der Waals surface area contributed by atoms with Crippen molar-refractivity contribution >= 4 is 35.0 Å². The molecule has 0 aromatic heterocycles. The van der Waals surface area contributed by atoms with Gasteiger partial charge in [0.1, 0.15) is 11.8 Å². The number of nitrogens with one attached hydrogen (secondary N) is 1. The van der Waals surface area contributed by atoms with Gasteiger partial charge in [-0.1, -0.05) is 75.2 Å². The molecular formula is C24H30Cl2N2O3. The number of hydrogen-bond donors (Lipinski definition) is 1. The third-order valence-electron chi connectivity index (χ3n) is 5.03. The SMILES string of the molecule is CC[C@@H](C(=O)NC)N(Cc1ccc(Cl)cc1Cl)C(=O)COc1ccccc1C(C)(C)C. The fraction of sp³-hybridized carbons (Fsp3) is 0.417. The third-order valence-corrected chi connectivity index (χ3v) is 5.62. The van der Waals surface area contributed by atoms with Gasteiger partial charge in [-0.25, -0.2) is 0 Å². The van der Waals surface area contributed by atoms with Gasteiger partial charge in [-0.05, 0) is 41.2 Å². The number of halogens is 2.